The molecule has 0 radical (unpaired) electrons. The summed E-state index contributed by atoms with van der Waals surface area (Å²) < 4.78 is 37.2. The molecule has 0 unspecified atom stereocenters. The first-order chi connectivity index (χ1) is 6.38. The van der Waals surface area contributed by atoms with E-state index in [1.54, 1.807) is 0 Å². The normalized spacial score (nSPS) is 11.9. The van der Waals surface area contributed by atoms with E-state index in [9.17, 15) is 13.2 Å². The Morgan fingerprint density at radius 3 is 2.36 bits per heavy atom. The van der Waals surface area contributed by atoms with Crippen LogP contribution in [0, 0.1) is 0 Å². The number of halogens is 5. The molecule has 0 saturated heterocycles. The highest BCUT2D eigenvalue weighted by atomic mass is 79.9. The van der Waals surface area contributed by atoms with E-state index in [0.29, 0.717) is 0 Å². The van der Waals surface area contributed by atoms with Crippen molar-refractivity contribution in [3.05, 3.63) is 32.8 Å². The van der Waals surface area contributed by atoms with Crippen molar-refractivity contribution in [3.8, 4) is 0 Å². The van der Waals surface area contributed by atoms with Crippen molar-refractivity contribution in [2.24, 2.45) is 0 Å². The van der Waals surface area contributed by atoms with E-state index in [1.807, 2.05) is 0 Å². The van der Waals surface area contributed by atoms with Gasteiger partial charge in [0.25, 0.3) is 0 Å². The highest BCUT2D eigenvalue weighted by molar-refractivity contribution is 9.10. The zero-order chi connectivity index (χ0) is 10.9. The molecule has 14 heavy (non-hydrogen) atoms. The summed E-state index contributed by atoms with van der Waals surface area (Å²) >= 11 is 8.26. The van der Waals surface area contributed by atoms with Gasteiger partial charge in [-0.25, -0.2) is 0 Å². The lowest BCUT2D eigenvalue weighted by atomic mass is 10.1. The zero-order valence-corrected chi connectivity index (χ0v) is 9.04. The molecule has 1 aromatic rings. The third kappa shape index (κ3) is 2.21. The molecule has 0 bridgehead atoms. The van der Waals surface area contributed by atoms with E-state index in [1.165, 1.54) is 6.07 Å². The fraction of sp³-hybridized carbons (Fsp3) is 0.250. The quantitative estimate of drug-likeness (QED) is 0.837. The lowest BCUT2D eigenvalue weighted by Gasteiger charge is -2.14. The van der Waals surface area contributed by atoms with Gasteiger partial charge in [0.05, 0.1) is 17.2 Å². The topological polar surface area (TPSA) is 20.2 Å². The molecule has 1 rings (SSSR count). The van der Waals surface area contributed by atoms with E-state index < -0.39 is 18.3 Å². The molecule has 0 aromatic heterocycles. The van der Waals surface area contributed by atoms with Gasteiger partial charge in [0, 0.05) is 4.47 Å². The molecule has 0 amide bonds. The lowest BCUT2D eigenvalue weighted by Crippen LogP contribution is -2.10. The van der Waals surface area contributed by atoms with Gasteiger partial charge in [-0.3, -0.25) is 0 Å². The Morgan fingerprint density at radius 2 is 1.93 bits per heavy atom. The van der Waals surface area contributed by atoms with Crippen LogP contribution in [0.5, 0.6) is 0 Å². The summed E-state index contributed by atoms with van der Waals surface area (Å²) in [5.41, 5.74) is -1.12. The Labute approximate surface area is 91.6 Å². The number of aliphatic hydroxyl groups excluding tert-OH is 1. The van der Waals surface area contributed by atoms with Gasteiger partial charge in [-0.1, -0.05) is 17.7 Å². The van der Waals surface area contributed by atoms with Crippen LogP contribution in [-0.2, 0) is 12.8 Å². The van der Waals surface area contributed by atoms with Gasteiger partial charge in [-0.15, -0.1) is 0 Å². The van der Waals surface area contributed by atoms with Gasteiger partial charge in [0.15, 0.2) is 0 Å². The van der Waals surface area contributed by atoms with E-state index >= 15 is 0 Å². The number of hydrogen-bond donors (Lipinski definition) is 1. The number of benzene rings is 1. The van der Waals surface area contributed by atoms with Gasteiger partial charge in [-0.2, -0.15) is 13.2 Å². The molecule has 6 heteroatoms. The Balaban J connectivity index is 3.44. The minimum atomic E-state index is -4.53. The van der Waals surface area contributed by atoms with Crippen molar-refractivity contribution >= 4 is 27.5 Å². The molecule has 0 spiro atoms. The minimum absolute atomic E-state index is 0.0328. The maximum Gasteiger partial charge on any atom is 0.417 e. The molecule has 0 aliphatic heterocycles. The van der Waals surface area contributed by atoms with Crippen LogP contribution >= 0.6 is 27.5 Å². The van der Waals surface area contributed by atoms with Crippen LogP contribution in [0.1, 0.15) is 11.1 Å². The molecule has 0 aliphatic rings. The standard InChI is InChI=1S/C8H5BrClF3O/c9-7-5(10)2-1-4(3-14)6(7)8(11,12)13/h1-2,14H,3H2. The highest BCUT2D eigenvalue weighted by Gasteiger charge is 2.36. The van der Waals surface area contributed by atoms with Crippen molar-refractivity contribution in [1.82, 2.24) is 0 Å². The number of hydrogen-bond acceptors (Lipinski definition) is 1. The second kappa shape index (κ2) is 4.08. The van der Waals surface area contributed by atoms with Crippen LogP contribution in [0.25, 0.3) is 0 Å². The van der Waals surface area contributed by atoms with Gasteiger partial charge in [0.2, 0.25) is 0 Å². The second-order valence-corrected chi connectivity index (χ2v) is 3.75. The van der Waals surface area contributed by atoms with Crippen molar-refractivity contribution in [2.75, 3.05) is 0 Å². The SMILES string of the molecule is OCc1ccc(Cl)c(Br)c1C(F)(F)F. The summed E-state index contributed by atoms with van der Waals surface area (Å²) in [6.45, 7) is -0.676. The van der Waals surface area contributed by atoms with Gasteiger partial charge in [-0.05, 0) is 27.6 Å². The Hall–Kier alpha value is -0.260. The molecule has 0 saturated carbocycles. The number of alkyl halides is 3. The molecule has 0 aliphatic carbocycles. The largest absolute Gasteiger partial charge is 0.417 e. The van der Waals surface area contributed by atoms with Gasteiger partial charge >= 0.3 is 6.18 Å². The molecule has 1 aromatic carbocycles. The maximum atomic E-state index is 12.5. The third-order valence-corrected chi connectivity index (χ3v) is 3.00. The first kappa shape index (κ1) is 11.8. The molecule has 1 N–H and O–H groups in total. The average Bonchev–Trinajstić information content (AvgIpc) is 2.07. The first-order valence-electron chi connectivity index (χ1n) is 3.53. The Bertz CT molecular complexity index is 351. The van der Waals surface area contributed by atoms with Crippen LogP contribution in [0.15, 0.2) is 16.6 Å². The van der Waals surface area contributed by atoms with Crippen LogP contribution < -0.4 is 0 Å². The van der Waals surface area contributed by atoms with E-state index in [0.717, 1.165) is 6.07 Å². The minimum Gasteiger partial charge on any atom is -0.392 e. The summed E-state index contributed by atoms with van der Waals surface area (Å²) in [7, 11) is 0. The van der Waals surface area contributed by atoms with E-state index in [4.69, 9.17) is 16.7 Å². The predicted octanol–water partition coefficient (Wildman–Crippen LogP) is 3.61. The van der Waals surface area contributed by atoms with Crippen molar-refractivity contribution < 1.29 is 18.3 Å². The fourth-order valence-corrected chi connectivity index (χ4v) is 1.80. The number of rotatable bonds is 1. The number of aliphatic hydroxyl groups is 1. The van der Waals surface area contributed by atoms with Crippen molar-refractivity contribution in [2.45, 2.75) is 12.8 Å². The molecular formula is C8H5BrClF3O. The van der Waals surface area contributed by atoms with Crippen LogP contribution in [0.4, 0.5) is 13.2 Å². The van der Waals surface area contributed by atoms with E-state index in [2.05, 4.69) is 15.9 Å². The monoisotopic (exact) mass is 288 g/mol. The van der Waals surface area contributed by atoms with Crippen molar-refractivity contribution in [3.63, 3.8) is 0 Å². The molecule has 78 valence electrons. The maximum absolute atomic E-state index is 12.5. The van der Waals surface area contributed by atoms with Gasteiger partial charge < -0.3 is 5.11 Å². The summed E-state index contributed by atoms with van der Waals surface area (Å²) in [5, 5.41) is 8.70. The van der Waals surface area contributed by atoms with E-state index in [-0.39, 0.29) is 15.1 Å². The second-order valence-electron chi connectivity index (χ2n) is 2.55. The molecule has 1 nitrogen and oxygen atoms in total. The van der Waals surface area contributed by atoms with Crippen LogP contribution in [-0.4, -0.2) is 5.11 Å². The molecular weight excluding hydrogens is 284 g/mol. The summed E-state index contributed by atoms with van der Waals surface area (Å²) in [6.07, 6.45) is -4.53. The lowest BCUT2D eigenvalue weighted by molar-refractivity contribution is -0.139. The van der Waals surface area contributed by atoms with Crippen molar-refractivity contribution in [1.29, 1.82) is 0 Å². The fourth-order valence-electron chi connectivity index (χ4n) is 1.03. The Morgan fingerprint density at radius 1 is 1.36 bits per heavy atom. The summed E-state index contributed by atoms with van der Waals surface area (Å²) in [4.78, 5) is 0. The molecule has 0 atom stereocenters. The zero-order valence-electron chi connectivity index (χ0n) is 6.70. The van der Waals surface area contributed by atoms with Crippen LogP contribution in [0.3, 0.4) is 0 Å². The highest BCUT2D eigenvalue weighted by Crippen LogP contribution is 2.40. The molecule has 0 fully saturated rings. The third-order valence-electron chi connectivity index (χ3n) is 1.63. The first-order valence-corrected chi connectivity index (χ1v) is 4.70. The molecule has 0 heterocycles. The summed E-state index contributed by atoms with van der Waals surface area (Å²) in [5.74, 6) is 0. The Kier molecular flexibility index (Phi) is 3.44. The van der Waals surface area contributed by atoms with Gasteiger partial charge in [0.1, 0.15) is 0 Å². The van der Waals surface area contributed by atoms with Crippen LogP contribution in [0.2, 0.25) is 5.02 Å². The predicted molar refractivity (Wildman–Crippen MR) is 50.1 cm³/mol. The average molecular weight is 289 g/mol. The summed E-state index contributed by atoms with van der Waals surface area (Å²) in [6, 6.07) is 2.45. The smallest absolute Gasteiger partial charge is 0.392 e.